The lowest BCUT2D eigenvalue weighted by atomic mass is 9.84. The van der Waals surface area contributed by atoms with Gasteiger partial charge in [-0.25, -0.2) is 0 Å². The standard InChI is InChI=1S/C4H10BF3N/c1-9-4-2-3-5(6,7)8/h9H,2-4H2,1H3/q-1. The predicted molar refractivity (Wildman–Crippen MR) is 32.4 cm³/mol. The molecule has 0 heterocycles. The molecule has 0 aromatic heterocycles. The van der Waals surface area contributed by atoms with E-state index in [2.05, 4.69) is 5.32 Å². The van der Waals surface area contributed by atoms with Gasteiger partial charge in [-0.15, -0.1) is 0 Å². The van der Waals surface area contributed by atoms with Gasteiger partial charge >= 0.3 is 6.98 Å². The van der Waals surface area contributed by atoms with Gasteiger partial charge in [-0.3, -0.25) is 0 Å². The summed E-state index contributed by atoms with van der Waals surface area (Å²) in [4.78, 5) is 0. The molecule has 0 amide bonds. The molecule has 0 unspecified atom stereocenters. The Labute approximate surface area is 52.7 Å². The second-order valence-electron chi connectivity index (χ2n) is 1.96. The first kappa shape index (κ1) is 8.81. The van der Waals surface area contributed by atoms with Crippen molar-refractivity contribution in [2.75, 3.05) is 13.6 Å². The maximum atomic E-state index is 11.4. The first-order valence-corrected chi connectivity index (χ1v) is 2.92. The summed E-state index contributed by atoms with van der Waals surface area (Å²) in [5.41, 5.74) is 0. The van der Waals surface area contributed by atoms with Gasteiger partial charge in [0, 0.05) is 0 Å². The molecule has 0 atom stereocenters. The molecule has 56 valence electrons. The zero-order valence-electron chi connectivity index (χ0n) is 5.33. The normalized spacial score (nSPS) is 12.0. The fourth-order valence-corrected chi connectivity index (χ4v) is 0.510. The number of hydrogen-bond donors (Lipinski definition) is 1. The maximum Gasteiger partial charge on any atom is 0.478 e. The van der Waals surface area contributed by atoms with E-state index in [9.17, 15) is 12.9 Å². The van der Waals surface area contributed by atoms with E-state index in [4.69, 9.17) is 0 Å². The third kappa shape index (κ3) is 7.81. The molecule has 0 radical (unpaired) electrons. The lowest BCUT2D eigenvalue weighted by Gasteiger charge is -2.11. The van der Waals surface area contributed by atoms with Crippen LogP contribution in [0.15, 0.2) is 0 Å². The molecule has 0 aromatic carbocycles. The van der Waals surface area contributed by atoms with E-state index in [-0.39, 0.29) is 6.42 Å². The Morgan fingerprint density at radius 2 is 1.89 bits per heavy atom. The van der Waals surface area contributed by atoms with Crippen molar-refractivity contribution >= 4 is 6.98 Å². The molecule has 0 aliphatic rings. The fourth-order valence-electron chi connectivity index (χ4n) is 0.510. The van der Waals surface area contributed by atoms with Crippen molar-refractivity contribution in [1.29, 1.82) is 0 Å². The number of halogens is 3. The van der Waals surface area contributed by atoms with Crippen molar-refractivity contribution in [3.63, 3.8) is 0 Å². The monoisotopic (exact) mass is 140 g/mol. The Balaban J connectivity index is 3.07. The summed E-state index contributed by atoms with van der Waals surface area (Å²) in [5.74, 6) is 0. The fraction of sp³-hybridized carbons (Fsp3) is 1.00. The van der Waals surface area contributed by atoms with Crippen molar-refractivity contribution in [2.24, 2.45) is 0 Å². The molecule has 0 aliphatic carbocycles. The Hall–Kier alpha value is -0.185. The maximum absolute atomic E-state index is 11.4. The largest absolute Gasteiger partial charge is 0.478 e. The molecular weight excluding hydrogens is 130 g/mol. The molecule has 0 aliphatic heterocycles. The summed E-state index contributed by atoms with van der Waals surface area (Å²) in [6, 6.07) is 0. The second-order valence-corrected chi connectivity index (χ2v) is 1.96. The van der Waals surface area contributed by atoms with Crippen LogP contribution in [-0.2, 0) is 0 Å². The van der Waals surface area contributed by atoms with Crippen LogP contribution in [0.2, 0.25) is 6.32 Å². The molecule has 0 fully saturated rings. The Morgan fingerprint density at radius 1 is 1.33 bits per heavy atom. The van der Waals surface area contributed by atoms with Crippen LogP contribution in [0, 0.1) is 0 Å². The van der Waals surface area contributed by atoms with E-state index in [0.29, 0.717) is 6.54 Å². The molecule has 0 spiro atoms. The molecule has 9 heavy (non-hydrogen) atoms. The van der Waals surface area contributed by atoms with Gasteiger partial charge in [0.1, 0.15) is 0 Å². The molecule has 1 N–H and O–H groups in total. The van der Waals surface area contributed by atoms with Crippen molar-refractivity contribution in [3.8, 4) is 0 Å². The van der Waals surface area contributed by atoms with Crippen LogP contribution >= 0.6 is 0 Å². The van der Waals surface area contributed by atoms with Crippen molar-refractivity contribution < 1.29 is 12.9 Å². The SMILES string of the molecule is CNCCC[B-](F)(F)F. The highest BCUT2D eigenvalue weighted by molar-refractivity contribution is 6.58. The van der Waals surface area contributed by atoms with Gasteiger partial charge in [0.05, 0.1) is 0 Å². The van der Waals surface area contributed by atoms with Crippen LogP contribution in [0.4, 0.5) is 12.9 Å². The smallest absolute Gasteiger partial charge is 0.449 e. The minimum absolute atomic E-state index is 0.194. The minimum atomic E-state index is -4.55. The van der Waals surface area contributed by atoms with E-state index in [1.54, 1.807) is 7.05 Å². The molecule has 5 heteroatoms. The first-order chi connectivity index (χ1) is 4.06. The number of nitrogens with one attached hydrogen (secondary N) is 1. The van der Waals surface area contributed by atoms with Gasteiger partial charge in [0.25, 0.3) is 0 Å². The van der Waals surface area contributed by atoms with Crippen molar-refractivity contribution in [2.45, 2.75) is 12.7 Å². The summed E-state index contributed by atoms with van der Waals surface area (Å²) in [7, 11) is 1.64. The third-order valence-electron chi connectivity index (χ3n) is 0.958. The van der Waals surface area contributed by atoms with Gasteiger partial charge in [0.15, 0.2) is 0 Å². The van der Waals surface area contributed by atoms with Gasteiger partial charge in [-0.1, -0.05) is 12.7 Å². The molecule has 0 rings (SSSR count). The lowest BCUT2D eigenvalue weighted by molar-refractivity contribution is 0.462. The quantitative estimate of drug-likeness (QED) is 0.460. The number of rotatable bonds is 4. The minimum Gasteiger partial charge on any atom is -0.449 e. The summed E-state index contributed by atoms with van der Waals surface area (Å²) in [6.07, 6.45) is -0.430. The Kier molecular flexibility index (Phi) is 3.69. The molecule has 0 bridgehead atoms. The van der Waals surface area contributed by atoms with Gasteiger partial charge in [-0.05, 0) is 13.6 Å². The van der Waals surface area contributed by atoms with E-state index in [0.717, 1.165) is 0 Å². The summed E-state index contributed by atoms with van der Waals surface area (Å²) < 4.78 is 34.2. The zero-order valence-corrected chi connectivity index (χ0v) is 5.33. The van der Waals surface area contributed by atoms with Gasteiger partial charge in [-0.2, -0.15) is 0 Å². The highest BCUT2D eigenvalue weighted by Gasteiger charge is 2.20. The van der Waals surface area contributed by atoms with Crippen LogP contribution in [0.25, 0.3) is 0 Å². The number of hydrogen-bond acceptors (Lipinski definition) is 1. The second kappa shape index (κ2) is 3.77. The van der Waals surface area contributed by atoms with E-state index >= 15 is 0 Å². The highest BCUT2D eigenvalue weighted by Crippen LogP contribution is 2.15. The van der Waals surface area contributed by atoms with Crippen molar-refractivity contribution in [1.82, 2.24) is 5.32 Å². The summed E-state index contributed by atoms with van der Waals surface area (Å²) >= 11 is 0. The zero-order chi connectivity index (χ0) is 7.33. The average Bonchev–Trinajstić information content (AvgIpc) is 1.63. The van der Waals surface area contributed by atoms with Gasteiger partial charge in [0.2, 0.25) is 0 Å². The van der Waals surface area contributed by atoms with E-state index in [1.165, 1.54) is 0 Å². The van der Waals surface area contributed by atoms with E-state index < -0.39 is 13.3 Å². The third-order valence-corrected chi connectivity index (χ3v) is 0.958. The molecule has 1 nitrogen and oxygen atoms in total. The first-order valence-electron chi connectivity index (χ1n) is 2.92. The predicted octanol–water partition coefficient (Wildman–Crippen LogP) is 1.44. The summed E-state index contributed by atoms with van der Waals surface area (Å²) in [5, 5.41) is 2.65. The molecule has 0 aromatic rings. The molecule has 0 saturated carbocycles. The van der Waals surface area contributed by atoms with Crippen LogP contribution in [0.3, 0.4) is 0 Å². The van der Waals surface area contributed by atoms with Crippen LogP contribution < -0.4 is 5.32 Å². The van der Waals surface area contributed by atoms with Crippen LogP contribution in [-0.4, -0.2) is 20.6 Å². The topological polar surface area (TPSA) is 12.0 Å². The van der Waals surface area contributed by atoms with Crippen LogP contribution in [0.1, 0.15) is 6.42 Å². The molecular formula is C4H10BF3N-. The van der Waals surface area contributed by atoms with Gasteiger partial charge < -0.3 is 18.3 Å². The Bertz CT molecular complexity index is 72.7. The highest BCUT2D eigenvalue weighted by atomic mass is 19.4. The van der Waals surface area contributed by atoms with E-state index in [1.807, 2.05) is 0 Å². The summed E-state index contributed by atoms with van der Waals surface area (Å²) in [6.45, 7) is -4.10. The molecule has 0 saturated heterocycles. The van der Waals surface area contributed by atoms with Crippen molar-refractivity contribution in [3.05, 3.63) is 0 Å². The lowest BCUT2D eigenvalue weighted by Crippen LogP contribution is -2.17. The average molecular weight is 140 g/mol. The van der Waals surface area contributed by atoms with Crippen LogP contribution in [0.5, 0.6) is 0 Å². The Morgan fingerprint density at radius 3 is 2.22 bits per heavy atom.